The molecule has 0 bridgehead atoms. The molecule has 2 aromatic heterocycles. The number of carbonyl (C=O) groups excluding carboxylic acids is 1. The molecule has 35 heavy (non-hydrogen) atoms. The zero-order valence-electron chi connectivity index (χ0n) is 20.7. The van der Waals surface area contributed by atoms with Crippen LogP contribution in [0.15, 0.2) is 53.6 Å². The fourth-order valence-corrected chi connectivity index (χ4v) is 3.76. The van der Waals surface area contributed by atoms with Crippen molar-refractivity contribution >= 4 is 40.1 Å². The Morgan fingerprint density at radius 2 is 1.77 bits per heavy atom. The van der Waals surface area contributed by atoms with Crippen molar-refractivity contribution < 1.29 is 9.53 Å². The van der Waals surface area contributed by atoms with Crippen molar-refractivity contribution in [1.29, 1.82) is 0 Å². The molecule has 2 heterocycles. The minimum absolute atomic E-state index is 0.155. The van der Waals surface area contributed by atoms with Gasteiger partial charge in [0.15, 0.2) is 5.65 Å². The second-order valence-electron chi connectivity index (χ2n) is 9.05. The molecule has 0 aliphatic carbocycles. The standard InChI is InChI=1S/C27H32N6O2/c1-17(2)20-12-10-19(11-13-20)16-30-33-25(28)23(27(34)29-14-7-15-35-18(3)4)24-26(33)32-22-9-6-5-8-21(22)31-24/h5-6,8-13,16-18H,7,14-15,28H2,1-4H3,(H,29,34). The SMILES string of the molecule is CC(C)OCCCNC(=O)c1c(N)n(N=Cc2ccc(C(C)C)cc2)c2nc3ccccc3nc12. The van der Waals surface area contributed by atoms with Crippen LogP contribution < -0.4 is 11.1 Å². The Hall–Kier alpha value is -3.78. The van der Waals surface area contributed by atoms with E-state index in [9.17, 15) is 4.79 Å². The van der Waals surface area contributed by atoms with Crippen LogP contribution in [0.3, 0.4) is 0 Å². The number of rotatable bonds is 9. The number of amides is 1. The van der Waals surface area contributed by atoms with Gasteiger partial charge in [-0.05, 0) is 49.4 Å². The predicted octanol–water partition coefficient (Wildman–Crippen LogP) is 4.72. The van der Waals surface area contributed by atoms with Gasteiger partial charge in [0.05, 0.1) is 23.4 Å². The van der Waals surface area contributed by atoms with E-state index in [1.54, 1.807) is 6.21 Å². The zero-order valence-corrected chi connectivity index (χ0v) is 20.7. The van der Waals surface area contributed by atoms with Crippen LogP contribution >= 0.6 is 0 Å². The van der Waals surface area contributed by atoms with Gasteiger partial charge < -0.3 is 15.8 Å². The molecule has 1 amide bonds. The summed E-state index contributed by atoms with van der Waals surface area (Å²) < 4.78 is 7.04. The Kier molecular flexibility index (Phi) is 7.41. The van der Waals surface area contributed by atoms with Gasteiger partial charge >= 0.3 is 0 Å². The van der Waals surface area contributed by atoms with Gasteiger partial charge in [-0.15, -0.1) is 0 Å². The normalized spacial score (nSPS) is 11.9. The van der Waals surface area contributed by atoms with Gasteiger partial charge in [-0.2, -0.15) is 9.78 Å². The van der Waals surface area contributed by atoms with Gasteiger partial charge in [-0.25, -0.2) is 9.97 Å². The van der Waals surface area contributed by atoms with E-state index in [1.807, 2.05) is 50.2 Å². The topological polar surface area (TPSA) is 107 Å². The molecule has 0 saturated heterocycles. The highest BCUT2D eigenvalue weighted by Gasteiger charge is 2.23. The van der Waals surface area contributed by atoms with Crippen molar-refractivity contribution in [2.24, 2.45) is 5.10 Å². The van der Waals surface area contributed by atoms with Crippen molar-refractivity contribution in [2.45, 2.75) is 46.1 Å². The van der Waals surface area contributed by atoms with Crippen molar-refractivity contribution in [3.63, 3.8) is 0 Å². The Morgan fingerprint density at radius 3 is 2.43 bits per heavy atom. The average Bonchev–Trinajstić information content (AvgIpc) is 3.11. The molecule has 0 aliphatic rings. The highest BCUT2D eigenvalue weighted by Crippen LogP contribution is 2.28. The van der Waals surface area contributed by atoms with Gasteiger partial charge in [-0.1, -0.05) is 50.2 Å². The summed E-state index contributed by atoms with van der Waals surface area (Å²) in [7, 11) is 0. The average molecular weight is 473 g/mol. The molecule has 8 heteroatoms. The first-order chi connectivity index (χ1) is 16.8. The molecule has 8 nitrogen and oxygen atoms in total. The lowest BCUT2D eigenvalue weighted by Gasteiger charge is -2.08. The number of nitrogens with zero attached hydrogens (tertiary/aromatic N) is 4. The molecule has 4 aromatic rings. The Balaban J connectivity index is 1.69. The molecule has 0 unspecified atom stereocenters. The second-order valence-corrected chi connectivity index (χ2v) is 9.05. The molecule has 0 spiro atoms. The lowest BCUT2D eigenvalue weighted by Crippen LogP contribution is -2.26. The van der Waals surface area contributed by atoms with Crippen LogP contribution in [0.5, 0.6) is 0 Å². The van der Waals surface area contributed by atoms with E-state index in [1.165, 1.54) is 10.2 Å². The summed E-state index contributed by atoms with van der Waals surface area (Å²) in [6.45, 7) is 9.31. The number of benzene rings is 2. The Bertz CT molecular complexity index is 1360. The fraction of sp³-hybridized carbons (Fsp3) is 0.333. The minimum Gasteiger partial charge on any atom is -0.383 e. The van der Waals surface area contributed by atoms with Gasteiger partial charge in [0.1, 0.15) is 16.9 Å². The maximum absolute atomic E-state index is 13.1. The molecule has 0 radical (unpaired) electrons. The number of nitrogen functional groups attached to an aromatic ring is 1. The van der Waals surface area contributed by atoms with E-state index in [0.29, 0.717) is 47.7 Å². The van der Waals surface area contributed by atoms with Gasteiger partial charge in [-0.3, -0.25) is 4.79 Å². The van der Waals surface area contributed by atoms with Crippen LogP contribution in [-0.4, -0.2) is 46.0 Å². The highest BCUT2D eigenvalue weighted by molar-refractivity contribution is 6.10. The molecule has 0 aliphatic heterocycles. The summed E-state index contributed by atoms with van der Waals surface area (Å²) in [4.78, 5) is 22.6. The van der Waals surface area contributed by atoms with E-state index in [-0.39, 0.29) is 23.4 Å². The molecule has 2 aromatic carbocycles. The first kappa shape index (κ1) is 24.3. The third kappa shape index (κ3) is 5.49. The van der Waals surface area contributed by atoms with E-state index < -0.39 is 0 Å². The number of aromatic nitrogens is 3. The molecule has 0 fully saturated rings. The summed E-state index contributed by atoms with van der Waals surface area (Å²) in [5.41, 5.74) is 11.1. The van der Waals surface area contributed by atoms with Crippen LogP contribution in [0.25, 0.3) is 22.2 Å². The third-order valence-electron chi connectivity index (χ3n) is 5.68. The third-order valence-corrected chi connectivity index (χ3v) is 5.68. The Labute approximate surface area is 205 Å². The van der Waals surface area contributed by atoms with Crippen LogP contribution in [0.4, 0.5) is 5.82 Å². The molecular formula is C27H32N6O2. The van der Waals surface area contributed by atoms with E-state index in [2.05, 4.69) is 36.4 Å². The van der Waals surface area contributed by atoms with Crippen molar-refractivity contribution in [3.8, 4) is 0 Å². The van der Waals surface area contributed by atoms with Crippen molar-refractivity contribution in [3.05, 3.63) is 65.2 Å². The smallest absolute Gasteiger partial charge is 0.257 e. The first-order valence-corrected chi connectivity index (χ1v) is 12.0. The predicted molar refractivity (Wildman–Crippen MR) is 141 cm³/mol. The fourth-order valence-electron chi connectivity index (χ4n) is 3.76. The van der Waals surface area contributed by atoms with E-state index in [0.717, 1.165) is 5.56 Å². The number of nitrogens with two attached hydrogens (primary N) is 1. The molecule has 3 N–H and O–H groups in total. The zero-order chi connectivity index (χ0) is 24.9. The van der Waals surface area contributed by atoms with Crippen LogP contribution in [0.2, 0.25) is 0 Å². The van der Waals surface area contributed by atoms with Crippen LogP contribution in [0.1, 0.15) is 61.5 Å². The number of para-hydroxylation sites is 2. The number of hydrogen-bond donors (Lipinski definition) is 2. The van der Waals surface area contributed by atoms with Crippen molar-refractivity contribution in [1.82, 2.24) is 20.0 Å². The monoisotopic (exact) mass is 472 g/mol. The summed E-state index contributed by atoms with van der Waals surface area (Å²) in [6, 6.07) is 15.7. The number of anilines is 1. The molecule has 182 valence electrons. The van der Waals surface area contributed by atoms with Crippen LogP contribution in [0, 0.1) is 0 Å². The first-order valence-electron chi connectivity index (χ1n) is 12.0. The number of hydrogen-bond acceptors (Lipinski definition) is 6. The van der Waals surface area contributed by atoms with Crippen LogP contribution in [-0.2, 0) is 4.74 Å². The lowest BCUT2D eigenvalue weighted by molar-refractivity contribution is 0.0757. The molecular weight excluding hydrogens is 440 g/mol. The van der Waals surface area contributed by atoms with Gasteiger partial charge in [0.25, 0.3) is 5.91 Å². The highest BCUT2D eigenvalue weighted by atomic mass is 16.5. The molecule has 0 atom stereocenters. The Morgan fingerprint density at radius 1 is 1.09 bits per heavy atom. The lowest BCUT2D eigenvalue weighted by atomic mass is 10.0. The maximum atomic E-state index is 13.1. The quantitative estimate of drug-likeness (QED) is 0.271. The summed E-state index contributed by atoms with van der Waals surface area (Å²) in [5.74, 6) is 0.338. The van der Waals surface area contributed by atoms with E-state index >= 15 is 0 Å². The van der Waals surface area contributed by atoms with Gasteiger partial charge in [0.2, 0.25) is 0 Å². The second kappa shape index (κ2) is 10.7. The summed E-state index contributed by atoms with van der Waals surface area (Å²) in [5, 5.41) is 7.51. The number of carbonyl (C=O) groups is 1. The number of nitrogens with one attached hydrogen (secondary N) is 1. The number of ether oxygens (including phenoxy) is 1. The summed E-state index contributed by atoms with van der Waals surface area (Å²) >= 11 is 0. The van der Waals surface area contributed by atoms with Gasteiger partial charge in [0, 0.05) is 13.2 Å². The largest absolute Gasteiger partial charge is 0.383 e. The van der Waals surface area contributed by atoms with E-state index in [4.69, 9.17) is 20.4 Å². The minimum atomic E-state index is -0.308. The summed E-state index contributed by atoms with van der Waals surface area (Å²) in [6.07, 6.45) is 2.56. The maximum Gasteiger partial charge on any atom is 0.257 e. The molecule has 0 saturated carbocycles. The van der Waals surface area contributed by atoms with Crippen molar-refractivity contribution in [2.75, 3.05) is 18.9 Å². The number of fused-ring (bicyclic) bond motifs is 2. The molecule has 4 rings (SSSR count).